The molecule has 2 saturated heterocycles. The molecule has 6 nitrogen and oxygen atoms in total. The van der Waals surface area contributed by atoms with Crippen molar-refractivity contribution in [1.29, 1.82) is 0 Å². The van der Waals surface area contributed by atoms with E-state index < -0.39 is 0 Å². The maximum atomic E-state index is 12.4. The lowest BCUT2D eigenvalue weighted by molar-refractivity contribution is -0.125. The Bertz CT molecular complexity index is 573. The van der Waals surface area contributed by atoms with Gasteiger partial charge in [-0.3, -0.25) is 14.6 Å². The predicted octanol–water partition coefficient (Wildman–Crippen LogP) is 1.29. The summed E-state index contributed by atoms with van der Waals surface area (Å²) in [7, 11) is 0. The third-order valence-electron chi connectivity index (χ3n) is 5.27. The van der Waals surface area contributed by atoms with E-state index in [4.69, 9.17) is 9.47 Å². The highest BCUT2D eigenvalue weighted by molar-refractivity contribution is 5.78. The number of nitrogens with zero attached hydrogens (tertiary/aromatic N) is 2. The molecule has 1 aromatic carbocycles. The highest BCUT2D eigenvalue weighted by atomic mass is 16.5. The largest absolute Gasteiger partial charge is 0.379 e. The number of hydrogen-bond acceptors (Lipinski definition) is 5. The third kappa shape index (κ3) is 5.27. The summed E-state index contributed by atoms with van der Waals surface area (Å²) in [6.07, 6.45) is 0.0440. The van der Waals surface area contributed by atoms with Crippen molar-refractivity contribution in [2.75, 3.05) is 59.1 Å². The second-order valence-corrected chi connectivity index (χ2v) is 7.69. The number of morpholine rings is 2. The van der Waals surface area contributed by atoms with Crippen molar-refractivity contribution >= 4 is 5.91 Å². The van der Waals surface area contributed by atoms with Crippen LogP contribution in [-0.2, 0) is 14.3 Å². The van der Waals surface area contributed by atoms with E-state index in [1.807, 2.05) is 18.2 Å². The molecule has 2 fully saturated rings. The molecule has 0 aliphatic carbocycles. The minimum absolute atomic E-state index is 0.0440. The van der Waals surface area contributed by atoms with Crippen molar-refractivity contribution < 1.29 is 14.3 Å². The zero-order valence-electron chi connectivity index (χ0n) is 15.9. The summed E-state index contributed by atoms with van der Waals surface area (Å²) < 4.78 is 11.3. The molecule has 1 N–H and O–H groups in total. The number of rotatable bonds is 6. The smallest absolute Gasteiger partial charge is 0.234 e. The van der Waals surface area contributed by atoms with Crippen LogP contribution in [0.5, 0.6) is 0 Å². The molecule has 2 aliphatic heterocycles. The number of hydrogen-bond donors (Lipinski definition) is 1. The molecule has 0 spiro atoms. The number of benzene rings is 1. The minimum Gasteiger partial charge on any atom is -0.379 e. The molecule has 1 aromatic rings. The number of ether oxygens (including phenoxy) is 2. The minimum atomic E-state index is -0.0585. The van der Waals surface area contributed by atoms with Gasteiger partial charge in [0, 0.05) is 38.3 Å². The second kappa shape index (κ2) is 8.95. The Labute approximate surface area is 156 Å². The molecule has 1 unspecified atom stereocenters. The lowest BCUT2D eigenvalue weighted by Crippen LogP contribution is -2.56. The van der Waals surface area contributed by atoms with Crippen LogP contribution in [0, 0.1) is 0 Å². The molecule has 0 saturated carbocycles. The van der Waals surface area contributed by atoms with Crippen LogP contribution in [0.2, 0.25) is 0 Å². The Morgan fingerprint density at radius 1 is 1.15 bits per heavy atom. The van der Waals surface area contributed by atoms with Crippen molar-refractivity contribution in [2.24, 2.45) is 0 Å². The van der Waals surface area contributed by atoms with Gasteiger partial charge in [-0.2, -0.15) is 0 Å². The average molecular weight is 361 g/mol. The van der Waals surface area contributed by atoms with Crippen LogP contribution in [0.25, 0.3) is 0 Å². The third-order valence-corrected chi connectivity index (χ3v) is 5.27. The van der Waals surface area contributed by atoms with Gasteiger partial charge in [-0.1, -0.05) is 30.3 Å². The summed E-state index contributed by atoms with van der Waals surface area (Å²) >= 11 is 0. The maximum Gasteiger partial charge on any atom is 0.234 e. The van der Waals surface area contributed by atoms with Crippen LogP contribution < -0.4 is 5.32 Å². The second-order valence-electron chi connectivity index (χ2n) is 7.69. The van der Waals surface area contributed by atoms with E-state index in [1.54, 1.807) is 0 Å². The van der Waals surface area contributed by atoms with Crippen molar-refractivity contribution in [1.82, 2.24) is 15.1 Å². The van der Waals surface area contributed by atoms with E-state index in [2.05, 4.69) is 41.1 Å². The lowest BCUT2D eigenvalue weighted by Gasteiger charge is -2.41. The Hall–Kier alpha value is -1.47. The van der Waals surface area contributed by atoms with Crippen LogP contribution in [0.4, 0.5) is 0 Å². The standard InChI is InChI=1S/C20H31N3O3/c1-20(2,23-9-11-25-12-10-23)16-21-19(24)15-22-8-13-26-18(14-22)17-6-4-3-5-7-17/h3-7,18H,8-16H2,1-2H3,(H,21,24). The molecule has 1 amide bonds. The van der Waals surface area contributed by atoms with Gasteiger partial charge in [0.05, 0.1) is 32.5 Å². The van der Waals surface area contributed by atoms with Gasteiger partial charge in [-0.25, -0.2) is 0 Å². The molecular weight excluding hydrogens is 330 g/mol. The fourth-order valence-corrected chi connectivity index (χ4v) is 3.57. The van der Waals surface area contributed by atoms with E-state index >= 15 is 0 Å². The van der Waals surface area contributed by atoms with Gasteiger partial charge in [0.2, 0.25) is 5.91 Å². The maximum absolute atomic E-state index is 12.4. The summed E-state index contributed by atoms with van der Waals surface area (Å²) in [4.78, 5) is 17.0. The zero-order chi connectivity index (χ0) is 18.4. The van der Waals surface area contributed by atoms with Crippen molar-refractivity contribution in [3.63, 3.8) is 0 Å². The van der Waals surface area contributed by atoms with E-state index in [-0.39, 0.29) is 17.6 Å². The summed E-state index contributed by atoms with van der Waals surface area (Å²) in [6.45, 7) is 11.0. The molecule has 6 heteroatoms. The van der Waals surface area contributed by atoms with E-state index in [9.17, 15) is 4.79 Å². The van der Waals surface area contributed by atoms with Gasteiger partial charge in [-0.05, 0) is 19.4 Å². The van der Waals surface area contributed by atoms with Gasteiger partial charge < -0.3 is 14.8 Å². The molecule has 144 valence electrons. The van der Waals surface area contributed by atoms with Gasteiger partial charge in [0.25, 0.3) is 0 Å². The van der Waals surface area contributed by atoms with E-state index in [0.29, 0.717) is 19.7 Å². The number of carbonyl (C=O) groups is 1. The quantitative estimate of drug-likeness (QED) is 0.827. The Morgan fingerprint density at radius 2 is 1.88 bits per heavy atom. The van der Waals surface area contributed by atoms with Crippen LogP contribution in [0.3, 0.4) is 0 Å². The first-order valence-electron chi connectivity index (χ1n) is 9.53. The van der Waals surface area contributed by atoms with Crippen molar-refractivity contribution in [3.05, 3.63) is 35.9 Å². The van der Waals surface area contributed by atoms with Gasteiger partial charge >= 0.3 is 0 Å². The molecule has 26 heavy (non-hydrogen) atoms. The molecule has 0 bridgehead atoms. The lowest BCUT2D eigenvalue weighted by atomic mass is 10.0. The fraction of sp³-hybridized carbons (Fsp3) is 0.650. The first-order valence-corrected chi connectivity index (χ1v) is 9.53. The normalized spacial score (nSPS) is 22.9. The number of nitrogens with one attached hydrogen (secondary N) is 1. The molecule has 2 aliphatic rings. The van der Waals surface area contributed by atoms with Gasteiger partial charge in [0.15, 0.2) is 0 Å². The molecule has 0 aromatic heterocycles. The fourth-order valence-electron chi connectivity index (χ4n) is 3.57. The first-order chi connectivity index (χ1) is 12.5. The molecular formula is C20H31N3O3. The van der Waals surface area contributed by atoms with E-state index in [0.717, 1.165) is 39.4 Å². The number of amides is 1. The SMILES string of the molecule is CC(C)(CNC(=O)CN1CCOC(c2ccccc2)C1)N1CCOCC1. The molecule has 0 radical (unpaired) electrons. The van der Waals surface area contributed by atoms with Gasteiger partial charge in [-0.15, -0.1) is 0 Å². The number of carbonyl (C=O) groups excluding carboxylic acids is 1. The zero-order valence-corrected chi connectivity index (χ0v) is 15.9. The summed E-state index contributed by atoms with van der Waals surface area (Å²) in [5.74, 6) is 0.0834. The van der Waals surface area contributed by atoms with Crippen molar-refractivity contribution in [3.8, 4) is 0 Å². The Morgan fingerprint density at radius 3 is 2.62 bits per heavy atom. The van der Waals surface area contributed by atoms with Crippen LogP contribution in [-0.4, -0.2) is 80.3 Å². The van der Waals surface area contributed by atoms with E-state index in [1.165, 1.54) is 5.56 Å². The molecule has 3 rings (SSSR count). The molecule has 1 atom stereocenters. The average Bonchev–Trinajstić information content (AvgIpc) is 2.68. The van der Waals surface area contributed by atoms with Gasteiger partial charge in [0.1, 0.15) is 0 Å². The van der Waals surface area contributed by atoms with Crippen LogP contribution >= 0.6 is 0 Å². The van der Waals surface area contributed by atoms with Crippen LogP contribution in [0.15, 0.2) is 30.3 Å². The summed E-state index contributed by atoms with van der Waals surface area (Å²) in [5, 5.41) is 3.12. The topological polar surface area (TPSA) is 54.0 Å². The Balaban J connectivity index is 1.45. The highest BCUT2D eigenvalue weighted by Crippen LogP contribution is 2.21. The summed E-state index contributed by atoms with van der Waals surface area (Å²) in [6, 6.07) is 10.2. The van der Waals surface area contributed by atoms with Crippen molar-refractivity contribution in [2.45, 2.75) is 25.5 Å². The monoisotopic (exact) mass is 361 g/mol. The van der Waals surface area contributed by atoms with Crippen LogP contribution in [0.1, 0.15) is 25.5 Å². The summed E-state index contributed by atoms with van der Waals surface area (Å²) in [5.41, 5.74) is 1.11. The Kier molecular flexibility index (Phi) is 6.64. The molecule has 2 heterocycles. The first kappa shape index (κ1) is 19.3. The predicted molar refractivity (Wildman–Crippen MR) is 101 cm³/mol. The highest BCUT2D eigenvalue weighted by Gasteiger charge is 2.29.